The van der Waals surface area contributed by atoms with Crippen LogP contribution in [-0.4, -0.2) is 45.5 Å². The maximum absolute atomic E-state index is 12.3. The lowest BCUT2D eigenvalue weighted by molar-refractivity contribution is 0.339. The fourth-order valence-corrected chi connectivity index (χ4v) is 3.35. The summed E-state index contributed by atoms with van der Waals surface area (Å²) in [7, 11) is -3.36. The normalized spacial score (nSPS) is 17.6. The highest BCUT2D eigenvalue weighted by Crippen LogP contribution is 2.19. The van der Waals surface area contributed by atoms with Crippen molar-refractivity contribution in [3.05, 3.63) is 24.3 Å². The van der Waals surface area contributed by atoms with Crippen molar-refractivity contribution in [3.63, 3.8) is 0 Å². The second-order valence-electron chi connectivity index (χ2n) is 4.06. The summed E-state index contributed by atoms with van der Waals surface area (Å²) in [5, 5.41) is 3.14. The van der Waals surface area contributed by atoms with Crippen LogP contribution in [0.5, 0.6) is 5.75 Å². The highest BCUT2D eigenvalue weighted by molar-refractivity contribution is 7.89. The number of hydrogen-bond donors (Lipinski definition) is 1. The Kier molecular flexibility index (Phi) is 4.21. The van der Waals surface area contributed by atoms with Gasteiger partial charge in [-0.1, -0.05) is 0 Å². The fourth-order valence-electron chi connectivity index (χ4n) is 1.91. The highest BCUT2D eigenvalue weighted by Gasteiger charge is 2.25. The molecule has 1 aliphatic rings. The number of piperazine rings is 1. The fraction of sp³-hybridized carbons (Fsp3) is 0.500. The molecule has 0 saturated carbocycles. The van der Waals surface area contributed by atoms with Crippen molar-refractivity contribution in [2.45, 2.75) is 11.8 Å². The van der Waals surface area contributed by atoms with Gasteiger partial charge in [-0.05, 0) is 31.2 Å². The lowest BCUT2D eigenvalue weighted by Crippen LogP contribution is -2.46. The number of nitrogens with one attached hydrogen (secondary N) is 1. The molecule has 1 saturated heterocycles. The quantitative estimate of drug-likeness (QED) is 0.874. The zero-order valence-corrected chi connectivity index (χ0v) is 11.2. The molecule has 0 radical (unpaired) electrons. The van der Waals surface area contributed by atoms with E-state index in [1.165, 1.54) is 4.31 Å². The summed E-state index contributed by atoms with van der Waals surface area (Å²) in [5.74, 6) is 0.691. The molecule has 1 aromatic rings. The van der Waals surface area contributed by atoms with E-state index in [9.17, 15) is 8.42 Å². The van der Waals surface area contributed by atoms with E-state index in [0.29, 0.717) is 43.4 Å². The van der Waals surface area contributed by atoms with Gasteiger partial charge in [0, 0.05) is 26.2 Å². The monoisotopic (exact) mass is 270 g/mol. The van der Waals surface area contributed by atoms with Gasteiger partial charge < -0.3 is 10.1 Å². The number of rotatable bonds is 4. The molecule has 1 N–H and O–H groups in total. The average molecular weight is 270 g/mol. The van der Waals surface area contributed by atoms with Gasteiger partial charge in [0.1, 0.15) is 5.75 Å². The van der Waals surface area contributed by atoms with Crippen LogP contribution in [0.2, 0.25) is 0 Å². The van der Waals surface area contributed by atoms with Crippen LogP contribution in [0, 0.1) is 0 Å². The molecule has 0 amide bonds. The van der Waals surface area contributed by atoms with Crippen molar-refractivity contribution >= 4 is 10.0 Å². The van der Waals surface area contributed by atoms with Crippen LogP contribution in [-0.2, 0) is 10.0 Å². The smallest absolute Gasteiger partial charge is 0.243 e. The first kappa shape index (κ1) is 13.3. The highest BCUT2D eigenvalue weighted by atomic mass is 32.2. The van der Waals surface area contributed by atoms with E-state index in [0.717, 1.165) is 0 Å². The standard InChI is InChI=1S/C12H18N2O3S/c1-2-17-11-3-5-12(6-4-11)18(15,16)14-9-7-13-8-10-14/h3-6,13H,2,7-10H2,1H3. The first-order chi connectivity index (χ1) is 8.64. The number of nitrogens with zero attached hydrogens (tertiary/aromatic N) is 1. The van der Waals surface area contributed by atoms with E-state index >= 15 is 0 Å². The molecular weight excluding hydrogens is 252 g/mol. The molecule has 2 rings (SSSR count). The van der Waals surface area contributed by atoms with Crippen LogP contribution in [0.15, 0.2) is 29.2 Å². The van der Waals surface area contributed by atoms with Crippen molar-refractivity contribution in [3.8, 4) is 5.75 Å². The van der Waals surface area contributed by atoms with Crippen LogP contribution in [0.25, 0.3) is 0 Å². The second kappa shape index (κ2) is 5.69. The van der Waals surface area contributed by atoms with Crippen LogP contribution in [0.4, 0.5) is 0 Å². The van der Waals surface area contributed by atoms with Crippen molar-refractivity contribution in [2.75, 3.05) is 32.8 Å². The van der Waals surface area contributed by atoms with Gasteiger partial charge in [-0.3, -0.25) is 0 Å². The Hall–Kier alpha value is -1.11. The Morgan fingerprint density at radius 1 is 1.22 bits per heavy atom. The van der Waals surface area contributed by atoms with Gasteiger partial charge in [0.25, 0.3) is 0 Å². The largest absolute Gasteiger partial charge is 0.494 e. The minimum absolute atomic E-state index is 0.327. The predicted octanol–water partition coefficient (Wildman–Crippen LogP) is 0.679. The topological polar surface area (TPSA) is 58.6 Å². The van der Waals surface area contributed by atoms with E-state index in [1.54, 1.807) is 24.3 Å². The lowest BCUT2D eigenvalue weighted by atomic mass is 10.3. The van der Waals surface area contributed by atoms with Gasteiger partial charge in [-0.2, -0.15) is 4.31 Å². The van der Waals surface area contributed by atoms with Gasteiger partial charge in [0.15, 0.2) is 0 Å². The Labute approximate surface area is 108 Å². The maximum atomic E-state index is 12.3. The third-order valence-corrected chi connectivity index (χ3v) is 4.76. The van der Waals surface area contributed by atoms with Gasteiger partial charge >= 0.3 is 0 Å². The Bertz CT molecular complexity index is 479. The van der Waals surface area contributed by atoms with Crippen molar-refractivity contribution in [2.24, 2.45) is 0 Å². The zero-order valence-electron chi connectivity index (χ0n) is 10.4. The molecule has 1 aromatic carbocycles. The third-order valence-electron chi connectivity index (χ3n) is 2.85. The minimum atomic E-state index is -3.36. The molecule has 6 heteroatoms. The summed E-state index contributed by atoms with van der Waals surface area (Å²) < 4.78 is 31.4. The van der Waals surface area contributed by atoms with E-state index in [4.69, 9.17) is 4.74 Å². The second-order valence-corrected chi connectivity index (χ2v) is 6.00. The van der Waals surface area contributed by atoms with E-state index in [-0.39, 0.29) is 0 Å². The molecule has 1 aliphatic heterocycles. The first-order valence-corrected chi connectivity index (χ1v) is 7.52. The van der Waals surface area contributed by atoms with Gasteiger partial charge in [0.05, 0.1) is 11.5 Å². The predicted molar refractivity (Wildman–Crippen MR) is 69.2 cm³/mol. The lowest BCUT2D eigenvalue weighted by Gasteiger charge is -2.26. The van der Waals surface area contributed by atoms with Crippen LogP contribution in [0.3, 0.4) is 0 Å². The summed E-state index contributed by atoms with van der Waals surface area (Å²) in [6.45, 7) is 4.92. The molecule has 0 aromatic heterocycles. The summed E-state index contributed by atoms with van der Waals surface area (Å²) in [5.41, 5.74) is 0. The Morgan fingerprint density at radius 2 is 1.83 bits per heavy atom. The van der Waals surface area contributed by atoms with E-state index in [2.05, 4.69) is 5.32 Å². The Morgan fingerprint density at radius 3 is 2.39 bits per heavy atom. The van der Waals surface area contributed by atoms with Gasteiger partial charge in [-0.25, -0.2) is 8.42 Å². The SMILES string of the molecule is CCOc1ccc(S(=O)(=O)N2CCNCC2)cc1. The molecule has 18 heavy (non-hydrogen) atoms. The molecule has 1 heterocycles. The minimum Gasteiger partial charge on any atom is -0.494 e. The molecule has 5 nitrogen and oxygen atoms in total. The molecule has 1 fully saturated rings. The van der Waals surface area contributed by atoms with E-state index in [1.807, 2.05) is 6.92 Å². The number of hydrogen-bond acceptors (Lipinski definition) is 4. The summed E-state index contributed by atoms with van der Waals surface area (Å²) in [6, 6.07) is 6.59. The average Bonchev–Trinajstić information content (AvgIpc) is 2.41. The van der Waals surface area contributed by atoms with Crippen LogP contribution < -0.4 is 10.1 Å². The number of benzene rings is 1. The first-order valence-electron chi connectivity index (χ1n) is 6.08. The van der Waals surface area contributed by atoms with Crippen molar-refractivity contribution in [1.82, 2.24) is 9.62 Å². The summed E-state index contributed by atoms with van der Waals surface area (Å²) in [4.78, 5) is 0.327. The molecule has 100 valence electrons. The van der Waals surface area contributed by atoms with E-state index < -0.39 is 10.0 Å². The van der Waals surface area contributed by atoms with Crippen molar-refractivity contribution in [1.29, 1.82) is 0 Å². The molecule has 0 spiro atoms. The molecular formula is C12H18N2O3S. The molecule has 0 atom stereocenters. The van der Waals surface area contributed by atoms with Crippen LogP contribution >= 0.6 is 0 Å². The Balaban J connectivity index is 2.18. The van der Waals surface area contributed by atoms with Gasteiger partial charge in [0.2, 0.25) is 10.0 Å². The maximum Gasteiger partial charge on any atom is 0.243 e. The molecule has 0 bridgehead atoms. The molecule has 0 aliphatic carbocycles. The summed E-state index contributed by atoms with van der Waals surface area (Å²) in [6.07, 6.45) is 0. The van der Waals surface area contributed by atoms with Gasteiger partial charge in [-0.15, -0.1) is 0 Å². The third kappa shape index (κ3) is 2.82. The van der Waals surface area contributed by atoms with Crippen LogP contribution in [0.1, 0.15) is 6.92 Å². The van der Waals surface area contributed by atoms with Crippen molar-refractivity contribution < 1.29 is 13.2 Å². The molecule has 0 unspecified atom stereocenters. The summed E-state index contributed by atoms with van der Waals surface area (Å²) >= 11 is 0. The number of sulfonamides is 1. The number of ether oxygens (including phenoxy) is 1. The zero-order chi connectivity index (χ0) is 13.0.